The van der Waals surface area contributed by atoms with Crippen LogP contribution < -0.4 is 9.88 Å². The monoisotopic (exact) mass is 314 g/mol. The van der Waals surface area contributed by atoms with E-state index in [1.807, 2.05) is 0 Å². The van der Waals surface area contributed by atoms with Gasteiger partial charge in [-0.3, -0.25) is 4.79 Å². The number of amides is 1. The fourth-order valence-corrected chi connectivity index (χ4v) is 2.33. The van der Waals surface area contributed by atoms with Gasteiger partial charge in [0.25, 0.3) is 5.91 Å². The van der Waals surface area contributed by atoms with E-state index in [2.05, 4.69) is 13.8 Å². The fourth-order valence-electron chi connectivity index (χ4n) is 1.79. The van der Waals surface area contributed by atoms with Gasteiger partial charge in [0.2, 0.25) is 10.0 Å². The van der Waals surface area contributed by atoms with Crippen LogP contribution in [0.2, 0.25) is 0 Å². The predicted octanol–water partition coefficient (Wildman–Crippen LogP) is 1.46. The van der Waals surface area contributed by atoms with Crippen molar-refractivity contribution in [3.8, 4) is 5.75 Å². The summed E-state index contributed by atoms with van der Waals surface area (Å²) in [6, 6.07) is 4.00. The number of rotatable bonds is 6. The van der Waals surface area contributed by atoms with Crippen LogP contribution in [0.4, 0.5) is 0 Å². The highest BCUT2D eigenvalue weighted by molar-refractivity contribution is 7.89. The summed E-state index contributed by atoms with van der Waals surface area (Å²) in [7, 11) is -0.760. The molecule has 1 rings (SSSR count). The highest BCUT2D eigenvalue weighted by Gasteiger charge is 2.20. The van der Waals surface area contributed by atoms with Gasteiger partial charge in [-0.05, 0) is 30.5 Å². The van der Waals surface area contributed by atoms with E-state index in [0.717, 1.165) is 6.42 Å². The van der Waals surface area contributed by atoms with E-state index in [0.29, 0.717) is 18.2 Å². The summed E-state index contributed by atoms with van der Waals surface area (Å²) >= 11 is 0. The van der Waals surface area contributed by atoms with Crippen molar-refractivity contribution in [2.45, 2.75) is 25.2 Å². The lowest BCUT2D eigenvalue weighted by atomic mass is 10.1. The normalized spacial score (nSPS) is 11.5. The number of carbonyl (C=O) groups excluding carboxylic acids is 1. The molecule has 0 aliphatic rings. The van der Waals surface area contributed by atoms with Gasteiger partial charge >= 0.3 is 0 Å². The first-order valence-corrected chi connectivity index (χ1v) is 8.17. The summed E-state index contributed by atoms with van der Waals surface area (Å²) in [6.07, 6.45) is 0.861. The number of primary sulfonamides is 1. The highest BCUT2D eigenvalue weighted by atomic mass is 32.2. The Morgan fingerprint density at radius 3 is 2.48 bits per heavy atom. The van der Waals surface area contributed by atoms with Crippen LogP contribution in [0.15, 0.2) is 23.1 Å². The van der Waals surface area contributed by atoms with Crippen LogP contribution in [-0.2, 0) is 10.0 Å². The molecular weight excluding hydrogens is 292 g/mol. The lowest BCUT2D eigenvalue weighted by Crippen LogP contribution is -2.29. The number of benzene rings is 1. The van der Waals surface area contributed by atoms with Crippen LogP contribution in [0.5, 0.6) is 5.75 Å². The zero-order valence-electron chi connectivity index (χ0n) is 12.8. The minimum atomic E-state index is -3.86. The van der Waals surface area contributed by atoms with Gasteiger partial charge in [-0.15, -0.1) is 0 Å². The molecule has 7 heteroatoms. The summed E-state index contributed by atoms with van der Waals surface area (Å²) in [6.45, 7) is 4.72. The second-order valence-corrected chi connectivity index (χ2v) is 6.88. The Labute approximate surface area is 125 Å². The number of hydrogen-bond donors (Lipinski definition) is 1. The first-order chi connectivity index (χ1) is 9.66. The maximum absolute atomic E-state index is 12.4. The van der Waals surface area contributed by atoms with Crippen molar-refractivity contribution in [1.29, 1.82) is 0 Å². The van der Waals surface area contributed by atoms with Gasteiger partial charge in [-0.1, -0.05) is 13.8 Å². The molecule has 0 fully saturated rings. The SMILES string of the molecule is COc1ccc(S(N)(=O)=O)cc1C(=O)N(C)CCC(C)C. The van der Waals surface area contributed by atoms with Crippen molar-refractivity contribution < 1.29 is 17.9 Å². The molecule has 2 N–H and O–H groups in total. The molecule has 6 nitrogen and oxygen atoms in total. The molecule has 118 valence electrons. The Morgan fingerprint density at radius 1 is 1.38 bits per heavy atom. The van der Waals surface area contributed by atoms with E-state index in [4.69, 9.17) is 9.88 Å². The molecule has 0 aromatic heterocycles. The van der Waals surface area contributed by atoms with Gasteiger partial charge in [0, 0.05) is 13.6 Å². The second-order valence-electron chi connectivity index (χ2n) is 5.32. The fraction of sp³-hybridized carbons (Fsp3) is 0.500. The molecule has 0 radical (unpaired) electrons. The Hall–Kier alpha value is -1.60. The van der Waals surface area contributed by atoms with Gasteiger partial charge in [0.05, 0.1) is 17.6 Å². The van der Waals surface area contributed by atoms with Crippen molar-refractivity contribution in [1.82, 2.24) is 4.90 Å². The number of nitrogens with two attached hydrogens (primary N) is 1. The average Bonchev–Trinajstić information content (AvgIpc) is 2.42. The van der Waals surface area contributed by atoms with E-state index in [9.17, 15) is 13.2 Å². The molecule has 0 aliphatic carbocycles. The molecular formula is C14H22N2O4S. The zero-order chi connectivity index (χ0) is 16.2. The van der Waals surface area contributed by atoms with Gasteiger partial charge in [0.1, 0.15) is 5.75 Å². The third kappa shape index (κ3) is 4.71. The summed E-state index contributed by atoms with van der Waals surface area (Å²) in [4.78, 5) is 13.9. The van der Waals surface area contributed by atoms with E-state index in [-0.39, 0.29) is 16.4 Å². The standard InChI is InChI=1S/C14H22N2O4S/c1-10(2)7-8-16(3)14(17)12-9-11(21(15,18)19)5-6-13(12)20-4/h5-6,9-10H,7-8H2,1-4H3,(H2,15,18,19). The zero-order valence-corrected chi connectivity index (χ0v) is 13.6. The Morgan fingerprint density at radius 2 is 2.00 bits per heavy atom. The van der Waals surface area contributed by atoms with Crippen LogP contribution in [0.25, 0.3) is 0 Å². The van der Waals surface area contributed by atoms with E-state index >= 15 is 0 Å². The van der Waals surface area contributed by atoms with Crippen LogP contribution >= 0.6 is 0 Å². The first-order valence-electron chi connectivity index (χ1n) is 6.63. The molecule has 0 spiro atoms. The number of methoxy groups -OCH3 is 1. The van der Waals surface area contributed by atoms with Gasteiger partial charge in [-0.25, -0.2) is 13.6 Å². The van der Waals surface area contributed by atoms with Crippen LogP contribution in [0, 0.1) is 5.92 Å². The third-order valence-electron chi connectivity index (χ3n) is 3.12. The molecule has 0 saturated heterocycles. The molecule has 0 bridgehead atoms. The third-order valence-corrected chi connectivity index (χ3v) is 4.03. The summed E-state index contributed by atoms with van der Waals surface area (Å²) < 4.78 is 27.9. The number of hydrogen-bond acceptors (Lipinski definition) is 4. The molecule has 0 unspecified atom stereocenters. The van der Waals surface area contributed by atoms with Crippen molar-refractivity contribution in [2.24, 2.45) is 11.1 Å². The minimum absolute atomic E-state index is 0.107. The van der Waals surface area contributed by atoms with Crippen molar-refractivity contribution >= 4 is 15.9 Å². The molecule has 0 heterocycles. The quantitative estimate of drug-likeness (QED) is 0.860. The number of carbonyl (C=O) groups is 1. The number of ether oxygens (including phenoxy) is 1. The van der Waals surface area contributed by atoms with Crippen molar-refractivity contribution in [2.75, 3.05) is 20.7 Å². The predicted molar refractivity (Wildman–Crippen MR) is 80.8 cm³/mol. The molecule has 0 atom stereocenters. The van der Waals surface area contributed by atoms with E-state index < -0.39 is 10.0 Å². The largest absolute Gasteiger partial charge is 0.496 e. The van der Waals surface area contributed by atoms with Crippen molar-refractivity contribution in [3.05, 3.63) is 23.8 Å². The highest BCUT2D eigenvalue weighted by Crippen LogP contribution is 2.23. The maximum Gasteiger partial charge on any atom is 0.257 e. The molecule has 21 heavy (non-hydrogen) atoms. The van der Waals surface area contributed by atoms with Gasteiger partial charge in [0.15, 0.2) is 0 Å². The summed E-state index contributed by atoms with van der Waals surface area (Å²) in [5.74, 6) is 0.500. The maximum atomic E-state index is 12.4. The minimum Gasteiger partial charge on any atom is -0.496 e. The van der Waals surface area contributed by atoms with Crippen molar-refractivity contribution in [3.63, 3.8) is 0 Å². The summed E-state index contributed by atoms with van der Waals surface area (Å²) in [5, 5.41) is 5.10. The molecule has 0 aliphatic heterocycles. The van der Waals surface area contributed by atoms with E-state index in [1.54, 1.807) is 11.9 Å². The summed E-state index contributed by atoms with van der Waals surface area (Å²) in [5.41, 5.74) is 0.190. The Kier molecular flexibility index (Phi) is 5.74. The molecule has 0 saturated carbocycles. The Balaban J connectivity index is 3.12. The average molecular weight is 314 g/mol. The lowest BCUT2D eigenvalue weighted by molar-refractivity contribution is 0.0785. The lowest BCUT2D eigenvalue weighted by Gasteiger charge is -2.20. The van der Waals surface area contributed by atoms with Crippen LogP contribution in [-0.4, -0.2) is 39.9 Å². The second kappa shape index (κ2) is 6.91. The molecule has 1 aromatic carbocycles. The van der Waals surface area contributed by atoms with E-state index in [1.165, 1.54) is 25.3 Å². The smallest absolute Gasteiger partial charge is 0.257 e. The van der Waals surface area contributed by atoms with Crippen LogP contribution in [0.1, 0.15) is 30.6 Å². The number of sulfonamides is 1. The van der Waals surface area contributed by atoms with Gasteiger partial charge < -0.3 is 9.64 Å². The van der Waals surface area contributed by atoms with Gasteiger partial charge in [-0.2, -0.15) is 0 Å². The van der Waals surface area contributed by atoms with Crippen LogP contribution in [0.3, 0.4) is 0 Å². The number of nitrogens with zero attached hydrogens (tertiary/aromatic N) is 1. The molecule has 1 amide bonds. The Bertz CT molecular complexity index is 611. The first kappa shape index (κ1) is 17.5. The topological polar surface area (TPSA) is 89.7 Å². The molecule has 1 aromatic rings.